The summed E-state index contributed by atoms with van der Waals surface area (Å²) >= 11 is 0. The molecule has 3 N–H and O–H groups in total. The van der Waals surface area contributed by atoms with Gasteiger partial charge in [-0.05, 0) is 36.1 Å². The van der Waals surface area contributed by atoms with Gasteiger partial charge in [0.2, 0.25) is 0 Å². The highest BCUT2D eigenvalue weighted by atomic mass is 28.3. The molecule has 0 unspecified atom stereocenters. The van der Waals surface area contributed by atoms with Crippen LogP contribution in [0, 0.1) is 11.3 Å². The Balaban J connectivity index is 2.05. The zero-order valence-electron chi connectivity index (χ0n) is 14.3. The highest BCUT2D eigenvalue weighted by molar-refractivity contribution is 6.91. The minimum atomic E-state index is -1.88. The van der Waals surface area contributed by atoms with Gasteiger partial charge in [-0.25, -0.2) is 0 Å². The molecule has 0 radical (unpaired) electrons. The van der Waals surface area contributed by atoms with Crippen LogP contribution in [-0.4, -0.2) is 42.2 Å². The Bertz CT molecular complexity index is 533. The first-order chi connectivity index (χ1) is 10.9. The van der Waals surface area contributed by atoms with Gasteiger partial charge >= 0.3 is 0 Å². The molecule has 1 aromatic rings. The van der Waals surface area contributed by atoms with Crippen molar-refractivity contribution in [2.75, 3.05) is 6.61 Å². The SMILES string of the molecule is C[Si](C)(c1ccccc1)[C@@H]1C[C@H](O)[C@H](O)[C@@H]2CCCC[C@@]12CO. The van der Waals surface area contributed by atoms with Crippen molar-refractivity contribution in [2.45, 2.75) is 62.9 Å². The van der Waals surface area contributed by atoms with Gasteiger partial charge in [-0.1, -0.05) is 61.5 Å². The molecule has 3 rings (SSSR count). The second-order valence-electron chi connectivity index (χ2n) is 8.18. The lowest BCUT2D eigenvalue weighted by Gasteiger charge is -2.58. The number of hydrogen-bond acceptors (Lipinski definition) is 3. The van der Waals surface area contributed by atoms with Crippen LogP contribution in [0.5, 0.6) is 0 Å². The average Bonchev–Trinajstić information content (AvgIpc) is 2.58. The fourth-order valence-corrected chi connectivity index (χ4v) is 9.68. The molecule has 2 saturated carbocycles. The summed E-state index contributed by atoms with van der Waals surface area (Å²) in [5, 5.41) is 32.8. The van der Waals surface area contributed by atoms with Crippen LogP contribution in [0.3, 0.4) is 0 Å². The van der Waals surface area contributed by atoms with Gasteiger partial charge in [-0.2, -0.15) is 0 Å². The van der Waals surface area contributed by atoms with Gasteiger partial charge in [0.1, 0.15) is 0 Å². The molecule has 0 amide bonds. The van der Waals surface area contributed by atoms with E-state index in [1.807, 2.05) is 6.07 Å². The van der Waals surface area contributed by atoms with Crippen molar-refractivity contribution in [3.63, 3.8) is 0 Å². The Hall–Kier alpha value is -0.683. The number of hydrogen-bond donors (Lipinski definition) is 3. The summed E-state index contributed by atoms with van der Waals surface area (Å²) < 4.78 is 0. The van der Waals surface area contributed by atoms with Crippen LogP contribution in [0.1, 0.15) is 32.1 Å². The van der Waals surface area contributed by atoms with Crippen molar-refractivity contribution in [2.24, 2.45) is 11.3 Å². The first-order valence-electron chi connectivity index (χ1n) is 8.96. The van der Waals surface area contributed by atoms with Crippen molar-refractivity contribution >= 4 is 13.3 Å². The Morgan fingerprint density at radius 2 is 1.83 bits per heavy atom. The van der Waals surface area contributed by atoms with E-state index in [-0.39, 0.29) is 17.9 Å². The molecule has 5 atom stereocenters. The van der Waals surface area contributed by atoms with E-state index in [4.69, 9.17) is 0 Å². The molecule has 4 heteroatoms. The maximum absolute atomic E-state index is 10.6. The fraction of sp³-hybridized carbons (Fsp3) is 0.684. The average molecular weight is 335 g/mol. The van der Waals surface area contributed by atoms with E-state index in [1.54, 1.807) is 0 Å². The quantitative estimate of drug-likeness (QED) is 0.743. The number of aliphatic hydroxyl groups excluding tert-OH is 3. The normalized spacial score (nSPS) is 38.1. The molecule has 0 aliphatic heterocycles. The topological polar surface area (TPSA) is 60.7 Å². The molecule has 0 saturated heterocycles. The van der Waals surface area contributed by atoms with E-state index in [2.05, 4.69) is 37.4 Å². The molecule has 2 aliphatic rings. The summed E-state index contributed by atoms with van der Waals surface area (Å²) in [5.74, 6) is 0.0329. The lowest BCUT2D eigenvalue weighted by atomic mass is 9.57. The van der Waals surface area contributed by atoms with E-state index in [1.165, 1.54) is 5.19 Å². The third-order valence-corrected chi connectivity index (χ3v) is 11.2. The van der Waals surface area contributed by atoms with Crippen molar-refractivity contribution in [1.29, 1.82) is 0 Å². The smallest absolute Gasteiger partial charge is 0.0844 e. The van der Waals surface area contributed by atoms with E-state index >= 15 is 0 Å². The molecule has 2 fully saturated rings. The van der Waals surface area contributed by atoms with E-state index in [0.717, 1.165) is 25.7 Å². The molecule has 0 spiro atoms. The van der Waals surface area contributed by atoms with Gasteiger partial charge < -0.3 is 15.3 Å². The van der Waals surface area contributed by atoms with Gasteiger partial charge in [-0.15, -0.1) is 0 Å². The van der Waals surface area contributed by atoms with Crippen LogP contribution < -0.4 is 5.19 Å². The second-order valence-corrected chi connectivity index (χ2v) is 12.9. The molecule has 128 valence electrons. The van der Waals surface area contributed by atoms with Crippen LogP contribution >= 0.6 is 0 Å². The van der Waals surface area contributed by atoms with Crippen LogP contribution in [-0.2, 0) is 0 Å². The lowest BCUT2D eigenvalue weighted by molar-refractivity contribution is -0.135. The summed E-state index contributed by atoms with van der Waals surface area (Å²) in [5.41, 5.74) is 0.0775. The molecule has 0 bridgehead atoms. The fourth-order valence-electron chi connectivity index (χ4n) is 5.51. The summed E-state index contributed by atoms with van der Waals surface area (Å²) in [7, 11) is -1.88. The number of rotatable bonds is 3. The number of aliphatic hydroxyl groups is 3. The Morgan fingerprint density at radius 3 is 2.48 bits per heavy atom. The summed E-state index contributed by atoms with van der Waals surface area (Å²) in [6.07, 6.45) is 3.40. The van der Waals surface area contributed by atoms with Gasteiger partial charge in [0.05, 0.1) is 20.3 Å². The molecule has 23 heavy (non-hydrogen) atoms. The predicted molar refractivity (Wildman–Crippen MR) is 95.4 cm³/mol. The van der Waals surface area contributed by atoms with Crippen LogP contribution in [0.25, 0.3) is 0 Å². The Labute approximate surface area is 140 Å². The molecule has 2 aliphatic carbocycles. The zero-order chi connectivity index (χ0) is 16.7. The third-order valence-electron chi connectivity index (χ3n) is 6.81. The largest absolute Gasteiger partial charge is 0.396 e. The minimum Gasteiger partial charge on any atom is -0.396 e. The van der Waals surface area contributed by atoms with Crippen LogP contribution in [0.4, 0.5) is 0 Å². The van der Waals surface area contributed by atoms with Gasteiger partial charge in [0.25, 0.3) is 0 Å². The molecule has 1 aromatic carbocycles. The highest BCUT2D eigenvalue weighted by Crippen LogP contribution is 2.59. The van der Waals surface area contributed by atoms with E-state index in [9.17, 15) is 15.3 Å². The standard InChI is InChI=1S/C19H30O3Si/c1-23(2,14-8-4-3-5-9-14)17-12-16(21)18(22)15-10-6-7-11-19(15,17)13-20/h3-5,8-9,15-18,20-22H,6-7,10-13H2,1-2H3/t15-,16-,17+,18+,19-/m0/s1. The number of benzene rings is 1. The van der Waals surface area contributed by atoms with Gasteiger partial charge in [-0.3, -0.25) is 0 Å². The third kappa shape index (κ3) is 2.70. The maximum Gasteiger partial charge on any atom is 0.0844 e. The summed E-state index contributed by atoms with van der Waals surface area (Å²) in [6.45, 7) is 4.86. The van der Waals surface area contributed by atoms with Crippen molar-refractivity contribution in [3.05, 3.63) is 30.3 Å². The second kappa shape index (κ2) is 6.32. The molecular weight excluding hydrogens is 304 g/mol. The first kappa shape index (κ1) is 17.2. The van der Waals surface area contributed by atoms with Gasteiger partial charge in [0.15, 0.2) is 0 Å². The summed E-state index contributed by atoms with van der Waals surface area (Å²) in [6, 6.07) is 10.6. The Morgan fingerprint density at radius 1 is 1.13 bits per heavy atom. The lowest BCUT2D eigenvalue weighted by Crippen LogP contribution is -2.63. The molecule has 3 nitrogen and oxygen atoms in total. The Kier molecular flexibility index (Phi) is 4.71. The minimum absolute atomic E-state index is 0.0329. The van der Waals surface area contributed by atoms with Crippen molar-refractivity contribution < 1.29 is 15.3 Å². The van der Waals surface area contributed by atoms with Crippen molar-refractivity contribution in [3.8, 4) is 0 Å². The zero-order valence-corrected chi connectivity index (χ0v) is 15.3. The summed E-state index contributed by atoms with van der Waals surface area (Å²) in [4.78, 5) is 0. The molecule has 0 heterocycles. The monoisotopic (exact) mass is 334 g/mol. The predicted octanol–water partition coefficient (Wildman–Crippen LogP) is 2.27. The molecular formula is C19H30O3Si. The highest BCUT2D eigenvalue weighted by Gasteiger charge is 2.58. The maximum atomic E-state index is 10.6. The van der Waals surface area contributed by atoms with E-state index in [0.29, 0.717) is 12.0 Å². The van der Waals surface area contributed by atoms with Crippen LogP contribution in [0.15, 0.2) is 30.3 Å². The molecule has 0 aromatic heterocycles. The van der Waals surface area contributed by atoms with Crippen LogP contribution in [0.2, 0.25) is 18.6 Å². The van der Waals surface area contributed by atoms with Crippen molar-refractivity contribution in [1.82, 2.24) is 0 Å². The number of fused-ring (bicyclic) bond motifs is 1. The van der Waals surface area contributed by atoms with E-state index < -0.39 is 20.3 Å². The van der Waals surface area contributed by atoms with Gasteiger partial charge in [0, 0.05) is 6.61 Å². The first-order valence-corrected chi connectivity index (χ1v) is 12.0.